The Hall–Kier alpha value is -1.42. The van der Waals surface area contributed by atoms with Crippen molar-refractivity contribution in [3.05, 3.63) is 32.0 Å². The summed E-state index contributed by atoms with van der Waals surface area (Å²) in [6.07, 6.45) is 1.61. The van der Waals surface area contributed by atoms with E-state index in [1.54, 1.807) is 19.3 Å². The summed E-state index contributed by atoms with van der Waals surface area (Å²) in [5.74, 6) is -0.595. The molecule has 0 unspecified atom stereocenters. The number of amides is 2. The SMILES string of the molecule is CC(C)c1cc(C(N)=O)c(NC(=O)c2c(I)cnn2C)s1. The Labute approximate surface area is 139 Å². The van der Waals surface area contributed by atoms with Gasteiger partial charge in [-0.25, -0.2) is 0 Å². The van der Waals surface area contributed by atoms with Crippen LogP contribution in [0, 0.1) is 3.57 Å². The molecular formula is C13H15IN4O2S. The van der Waals surface area contributed by atoms with Crippen LogP contribution in [0.3, 0.4) is 0 Å². The zero-order chi connectivity index (χ0) is 15.7. The summed E-state index contributed by atoms with van der Waals surface area (Å²) >= 11 is 3.41. The lowest BCUT2D eigenvalue weighted by Crippen LogP contribution is -2.19. The Morgan fingerprint density at radius 2 is 2.14 bits per heavy atom. The fourth-order valence-corrected chi connectivity index (χ4v) is 3.58. The van der Waals surface area contributed by atoms with E-state index in [-0.39, 0.29) is 11.8 Å². The van der Waals surface area contributed by atoms with Crippen LogP contribution in [0.15, 0.2) is 12.3 Å². The number of rotatable bonds is 4. The smallest absolute Gasteiger partial charge is 0.275 e. The molecule has 0 aliphatic carbocycles. The van der Waals surface area contributed by atoms with E-state index in [0.29, 0.717) is 16.3 Å². The second-order valence-electron chi connectivity index (χ2n) is 4.83. The molecule has 0 aliphatic heterocycles. The van der Waals surface area contributed by atoms with Gasteiger partial charge in [0.25, 0.3) is 11.8 Å². The Morgan fingerprint density at radius 3 is 2.62 bits per heavy atom. The van der Waals surface area contributed by atoms with Gasteiger partial charge in [0.2, 0.25) is 0 Å². The highest BCUT2D eigenvalue weighted by Gasteiger charge is 2.21. The normalized spacial score (nSPS) is 10.9. The van der Waals surface area contributed by atoms with Crippen molar-refractivity contribution < 1.29 is 9.59 Å². The third kappa shape index (κ3) is 3.26. The van der Waals surface area contributed by atoms with Gasteiger partial charge in [-0.05, 0) is 34.6 Å². The van der Waals surface area contributed by atoms with Crippen molar-refractivity contribution in [1.82, 2.24) is 9.78 Å². The molecule has 0 spiro atoms. The minimum absolute atomic E-state index is 0.260. The second-order valence-corrected chi connectivity index (χ2v) is 7.08. The molecule has 0 saturated carbocycles. The number of halogens is 1. The van der Waals surface area contributed by atoms with Gasteiger partial charge in [0.05, 0.1) is 15.3 Å². The molecule has 0 aromatic carbocycles. The summed E-state index contributed by atoms with van der Waals surface area (Å²) < 4.78 is 2.24. The van der Waals surface area contributed by atoms with Crippen LogP contribution >= 0.6 is 33.9 Å². The van der Waals surface area contributed by atoms with Crippen molar-refractivity contribution in [2.45, 2.75) is 19.8 Å². The first-order chi connectivity index (χ1) is 9.81. The Balaban J connectivity index is 2.35. The number of nitrogens with two attached hydrogens (primary N) is 1. The Bertz CT molecular complexity index is 686. The van der Waals surface area contributed by atoms with Gasteiger partial charge in [-0.1, -0.05) is 13.8 Å². The predicted octanol–water partition coefficient (Wildman–Crippen LogP) is 2.56. The molecule has 0 fully saturated rings. The van der Waals surface area contributed by atoms with E-state index in [4.69, 9.17) is 5.73 Å². The maximum absolute atomic E-state index is 12.3. The molecular weight excluding hydrogens is 403 g/mol. The third-order valence-corrected chi connectivity index (χ3v) is 5.06. The molecule has 6 nitrogen and oxygen atoms in total. The number of primary amides is 1. The molecule has 0 atom stereocenters. The van der Waals surface area contributed by atoms with E-state index in [0.717, 1.165) is 8.45 Å². The largest absolute Gasteiger partial charge is 0.366 e. The van der Waals surface area contributed by atoms with Gasteiger partial charge in [-0.2, -0.15) is 5.10 Å². The third-order valence-electron chi connectivity index (χ3n) is 2.92. The molecule has 0 aliphatic rings. The Morgan fingerprint density at radius 1 is 1.48 bits per heavy atom. The minimum atomic E-state index is -0.548. The lowest BCUT2D eigenvalue weighted by molar-refractivity contribution is 0.100. The topological polar surface area (TPSA) is 90.0 Å². The van der Waals surface area contributed by atoms with E-state index in [1.165, 1.54) is 16.0 Å². The standard InChI is InChI=1S/C13H15IN4O2S/c1-6(2)9-4-7(11(15)19)13(21-9)17-12(20)10-8(14)5-16-18(10)3/h4-6H,1-3H3,(H2,15,19)(H,17,20). The van der Waals surface area contributed by atoms with E-state index in [9.17, 15) is 9.59 Å². The Kier molecular flexibility index (Phi) is 4.67. The van der Waals surface area contributed by atoms with Crippen LogP contribution < -0.4 is 11.1 Å². The zero-order valence-electron chi connectivity index (χ0n) is 11.8. The fourth-order valence-electron chi connectivity index (χ4n) is 1.80. The van der Waals surface area contributed by atoms with Crippen LogP contribution in [0.25, 0.3) is 0 Å². The molecule has 2 heterocycles. The maximum Gasteiger partial charge on any atom is 0.275 e. The van der Waals surface area contributed by atoms with Gasteiger partial charge in [0.15, 0.2) is 0 Å². The van der Waals surface area contributed by atoms with Crippen LogP contribution in [-0.2, 0) is 7.05 Å². The molecule has 2 rings (SSSR count). The number of nitrogens with zero attached hydrogens (tertiary/aromatic N) is 2. The lowest BCUT2D eigenvalue weighted by Gasteiger charge is -2.05. The second kappa shape index (κ2) is 6.14. The van der Waals surface area contributed by atoms with Crippen LogP contribution in [0.1, 0.15) is 45.5 Å². The predicted molar refractivity (Wildman–Crippen MR) is 90.8 cm³/mol. The van der Waals surface area contributed by atoms with Crippen molar-refractivity contribution >= 4 is 50.7 Å². The summed E-state index contributed by atoms with van der Waals surface area (Å²) in [6.45, 7) is 4.04. The van der Waals surface area contributed by atoms with E-state index in [2.05, 4.69) is 10.4 Å². The average Bonchev–Trinajstić information content (AvgIpc) is 2.93. The molecule has 112 valence electrons. The first kappa shape index (κ1) is 16.0. The van der Waals surface area contributed by atoms with Crippen molar-refractivity contribution in [2.24, 2.45) is 12.8 Å². The van der Waals surface area contributed by atoms with E-state index in [1.807, 2.05) is 36.4 Å². The van der Waals surface area contributed by atoms with Crippen molar-refractivity contribution in [3.63, 3.8) is 0 Å². The summed E-state index contributed by atoms with van der Waals surface area (Å²) in [6, 6.07) is 1.74. The van der Waals surface area contributed by atoms with Crippen LogP contribution in [0.2, 0.25) is 0 Å². The molecule has 0 radical (unpaired) electrons. The quantitative estimate of drug-likeness (QED) is 0.748. The summed E-state index contributed by atoms with van der Waals surface area (Å²) in [5.41, 5.74) is 6.17. The van der Waals surface area contributed by atoms with Crippen LogP contribution in [-0.4, -0.2) is 21.6 Å². The number of nitrogens with one attached hydrogen (secondary N) is 1. The summed E-state index contributed by atoms with van der Waals surface area (Å²) in [5, 5.41) is 7.27. The highest BCUT2D eigenvalue weighted by molar-refractivity contribution is 14.1. The van der Waals surface area contributed by atoms with Gasteiger partial charge in [0.1, 0.15) is 10.7 Å². The monoisotopic (exact) mass is 418 g/mol. The molecule has 0 saturated heterocycles. The molecule has 21 heavy (non-hydrogen) atoms. The molecule has 0 bridgehead atoms. The van der Waals surface area contributed by atoms with Gasteiger partial charge < -0.3 is 11.1 Å². The van der Waals surface area contributed by atoms with Gasteiger partial charge >= 0.3 is 0 Å². The van der Waals surface area contributed by atoms with Gasteiger partial charge in [0, 0.05) is 11.9 Å². The molecule has 8 heteroatoms. The summed E-state index contributed by atoms with van der Waals surface area (Å²) in [7, 11) is 1.69. The van der Waals surface area contributed by atoms with Crippen molar-refractivity contribution in [1.29, 1.82) is 0 Å². The number of aryl methyl sites for hydroxylation is 1. The van der Waals surface area contributed by atoms with E-state index >= 15 is 0 Å². The van der Waals surface area contributed by atoms with Gasteiger partial charge in [-0.15, -0.1) is 11.3 Å². The lowest BCUT2D eigenvalue weighted by atomic mass is 10.1. The first-order valence-electron chi connectivity index (χ1n) is 6.23. The molecule has 2 aromatic rings. The molecule has 2 aromatic heterocycles. The van der Waals surface area contributed by atoms with Gasteiger partial charge in [-0.3, -0.25) is 14.3 Å². The number of carbonyl (C=O) groups is 2. The first-order valence-corrected chi connectivity index (χ1v) is 8.13. The number of carbonyl (C=O) groups excluding carboxylic acids is 2. The van der Waals surface area contributed by atoms with Crippen molar-refractivity contribution in [3.8, 4) is 0 Å². The number of hydrogen-bond acceptors (Lipinski definition) is 4. The number of anilines is 1. The van der Waals surface area contributed by atoms with Crippen LogP contribution in [0.5, 0.6) is 0 Å². The van der Waals surface area contributed by atoms with E-state index < -0.39 is 5.91 Å². The zero-order valence-corrected chi connectivity index (χ0v) is 14.8. The molecule has 2 amide bonds. The number of thiophene rings is 1. The van der Waals surface area contributed by atoms with Crippen molar-refractivity contribution in [2.75, 3.05) is 5.32 Å². The summed E-state index contributed by atoms with van der Waals surface area (Å²) in [4.78, 5) is 24.9. The number of aromatic nitrogens is 2. The average molecular weight is 418 g/mol. The minimum Gasteiger partial charge on any atom is -0.366 e. The van der Waals surface area contributed by atoms with Crippen LogP contribution in [0.4, 0.5) is 5.00 Å². The molecule has 3 N–H and O–H groups in total. The highest BCUT2D eigenvalue weighted by Crippen LogP contribution is 2.33. The fraction of sp³-hybridized carbons (Fsp3) is 0.308. The number of hydrogen-bond donors (Lipinski definition) is 2. The maximum atomic E-state index is 12.3. The highest BCUT2D eigenvalue weighted by atomic mass is 127.